The van der Waals surface area contributed by atoms with Crippen LogP contribution in [-0.2, 0) is 16.0 Å². The van der Waals surface area contributed by atoms with Crippen molar-refractivity contribution in [1.82, 2.24) is 15.1 Å². The lowest BCUT2D eigenvalue weighted by Gasteiger charge is -2.44. The third-order valence-electron chi connectivity index (χ3n) is 7.72. The molecule has 3 aromatic rings. The van der Waals surface area contributed by atoms with Gasteiger partial charge in [0.15, 0.2) is 0 Å². The summed E-state index contributed by atoms with van der Waals surface area (Å²) in [5.41, 5.74) is 3.93. The number of piperazine rings is 1. The van der Waals surface area contributed by atoms with Gasteiger partial charge in [-0.1, -0.05) is 65.7 Å². The number of hydrogen-bond acceptors (Lipinski definition) is 5. The molecule has 2 heterocycles. The van der Waals surface area contributed by atoms with Crippen LogP contribution in [0.2, 0.25) is 10.0 Å². The molecule has 0 radical (unpaired) electrons. The normalized spacial score (nSPS) is 18.0. The van der Waals surface area contributed by atoms with Crippen LogP contribution < -0.4 is 14.8 Å². The number of amides is 2. The van der Waals surface area contributed by atoms with Gasteiger partial charge in [-0.3, -0.25) is 9.59 Å². The van der Waals surface area contributed by atoms with Crippen LogP contribution in [0.3, 0.4) is 0 Å². The van der Waals surface area contributed by atoms with Gasteiger partial charge in [-0.15, -0.1) is 0 Å². The molecular formula is C33H35Cl2N3O4. The fraction of sp³-hybridized carbons (Fsp3) is 0.333. The Kier molecular flexibility index (Phi) is 9.73. The number of ether oxygens (including phenoxy) is 2. The zero-order valence-corrected chi connectivity index (χ0v) is 25.3. The molecule has 2 bridgehead atoms. The summed E-state index contributed by atoms with van der Waals surface area (Å²) in [4.78, 5) is 29.8. The lowest BCUT2D eigenvalue weighted by Crippen LogP contribution is -2.61. The molecule has 7 nitrogen and oxygen atoms in total. The predicted molar refractivity (Wildman–Crippen MR) is 166 cm³/mol. The summed E-state index contributed by atoms with van der Waals surface area (Å²) in [7, 11) is 1.85. The molecule has 0 aromatic heterocycles. The smallest absolute Gasteiger partial charge is 0.251 e. The lowest BCUT2D eigenvalue weighted by atomic mass is 9.83. The topological polar surface area (TPSA) is 71.1 Å². The van der Waals surface area contributed by atoms with Gasteiger partial charge in [-0.2, -0.15) is 0 Å². The summed E-state index contributed by atoms with van der Waals surface area (Å²) in [6.45, 7) is 3.99. The van der Waals surface area contributed by atoms with E-state index in [1.54, 1.807) is 30.0 Å². The Bertz CT molecular complexity index is 1450. The first-order valence-corrected chi connectivity index (χ1v) is 14.9. The Hall–Kier alpha value is -3.52. The minimum Gasteiger partial charge on any atom is -0.490 e. The molecule has 2 amide bonds. The molecule has 0 unspecified atom stereocenters. The van der Waals surface area contributed by atoms with Crippen LogP contribution in [0.15, 0.2) is 78.4 Å². The van der Waals surface area contributed by atoms with Crippen LogP contribution in [0.4, 0.5) is 0 Å². The van der Waals surface area contributed by atoms with Crippen molar-refractivity contribution in [3.8, 4) is 11.5 Å². The van der Waals surface area contributed by atoms with Gasteiger partial charge in [-0.25, -0.2) is 0 Å². The first-order valence-electron chi connectivity index (χ1n) is 14.1. The van der Waals surface area contributed by atoms with Crippen molar-refractivity contribution in [3.05, 3.63) is 99.5 Å². The maximum absolute atomic E-state index is 13.9. The number of nitrogens with zero attached hydrogens (tertiary/aromatic N) is 2. The van der Waals surface area contributed by atoms with E-state index in [4.69, 9.17) is 32.7 Å². The van der Waals surface area contributed by atoms with Gasteiger partial charge in [0.2, 0.25) is 5.91 Å². The molecule has 0 aliphatic carbocycles. The third kappa shape index (κ3) is 7.27. The quantitative estimate of drug-likeness (QED) is 0.308. The van der Waals surface area contributed by atoms with Crippen LogP contribution >= 0.6 is 23.2 Å². The SMILES string of the molecule is CC(=O)N1C[C@H]2CC(c3ccc(OCCOc4ccc(Cl)c(Cl)c4)cc3)=C(C(=O)N(C)CCc3ccccc3)[C@@H](C1)N2. The van der Waals surface area contributed by atoms with Gasteiger partial charge < -0.3 is 24.6 Å². The maximum Gasteiger partial charge on any atom is 0.251 e. The lowest BCUT2D eigenvalue weighted by molar-refractivity contribution is -0.132. The van der Waals surface area contributed by atoms with Crippen molar-refractivity contribution in [2.45, 2.75) is 31.8 Å². The zero-order valence-electron chi connectivity index (χ0n) is 23.8. The van der Waals surface area contributed by atoms with Crippen molar-refractivity contribution >= 4 is 40.6 Å². The summed E-state index contributed by atoms with van der Waals surface area (Å²) < 4.78 is 11.6. The van der Waals surface area contributed by atoms with Gasteiger partial charge in [0.25, 0.3) is 5.91 Å². The molecule has 0 saturated carbocycles. The molecule has 5 rings (SSSR count). The maximum atomic E-state index is 13.9. The summed E-state index contributed by atoms with van der Waals surface area (Å²) in [5, 5.41) is 4.53. The minimum atomic E-state index is -0.225. The van der Waals surface area contributed by atoms with E-state index in [1.807, 2.05) is 54.4 Å². The van der Waals surface area contributed by atoms with E-state index >= 15 is 0 Å². The fourth-order valence-corrected chi connectivity index (χ4v) is 5.80. The second kappa shape index (κ2) is 13.6. The standard InChI is InChI=1S/C33H35Cl2N3O4/c1-22(39)38-20-25-18-28(32(31(21-38)36-25)33(40)37(2)15-14-23-6-4-3-5-7-23)24-8-10-26(11-9-24)41-16-17-42-27-12-13-29(34)30(35)19-27/h3-13,19,25,31,36H,14-18,20-21H2,1-2H3/t25-,31-/m1/s1. The van der Waals surface area contributed by atoms with Crippen molar-refractivity contribution in [1.29, 1.82) is 0 Å². The molecule has 0 spiro atoms. The third-order valence-corrected chi connectivity index (χ3v) is 8.46. The number of rotatable bonds is 10. The van der Waals surface area contributed by atoms with Gasteiger partial charge >= 0.3 is 0 Å². The summed E-state index contributed by atoms with van der Waals surface area (Å²) >= 11 is 12.0. The van der Waals surface area contributed by atoms with Crippen molar-refractivity contribution in [3.63, 3.8) is 0 Å². The molecule has 2 aliphatic rings. The summed E-state index contributed by atoms with van der Waals surface area (Å²) in [5.74, 6) is 1.36. The molecule has 3 aromatic carbocycles. The molecule has 2 atom stereocenters. The number of likely N-dealkylation sites (N-methyl/N-ethyl adjacent to an activating group) is 1. The number of halogens is 2. The molecule has 2 aliphatic heterocycles. The van der Waals surface area contributed by atoms with Gasteiger partial charge in [0.1, 0.15) is 24.7 Å². The predicted octanol–water partition coefficient (Wildman–Crippen LogP) is 5.50. The van der Waals surface area contributed by atoms with E-state index in [2.05, 4.69) is 17.4 Å². The Balaban J connectivity index is 1.29. The highest BCUT2D eigenvalue weighted by Gasteiger charge is 2.39. The number of carbonyl (C=O) groups excluding carboxylic acids is 2. The molecular weight excluding hydrogens is 573 g/mol. The Morgan fingerprint density at radius 3 is 2.31 bits per heavy atom. The van der Waals surface area contributed by atoms with Crippen LogP contribution in [0, 0.1) is 0 Å². The molecule has 1 fully saturated rings. The van der Waals surface area contributed by atoms with E-state index < -0.39 is 0 Å². The van der Waals surface area contributed by atoms with Crippen molar-refractivity contribution in [2.24, 2.45) is 0 Å². The van der Waals surface area contributed by atoms with E-state index in [0.29, 0.717) is 60.8 Å². The number of benzene rings is 3. The first kappa shape index (κ1) is 30.0. The summed E-state index contributed by atoms with van der Waals surface area (Å²) in [6.07, 6.45) is 1.43. The van der Waals surface area contributed by atoms with Crippen LogP contribution in [-0.4, -0.2) is 73.6 Å². The highest BCUT2D eigenvalue weighted by atomic mass is 35.5. The monoisotopic (exact) mass is 607 g/mol. The second-order valence-electron chi connectivity index (χ2n) is 10.7. The van der Waals surface area contributed by atoms with Gasteiger partial charge in [0, 0.05) is 51.3 Å². The van der Waals surface area contributed by atoms with Crippen molar-refractivity contribution in [2.75, 3.05) is 39.9 Å². The number of nitrogens with one attached hydrogen (secondary N) is 1. The summed E-state index contributed by atoms with van der Waals surface area (Å²) in [6, 6.07) is 23.0. The van der Waals surface area contributed by atoms with E-state index in [0.717, 1.165) is 23.1 Å². The molecule has 42 heavy (non-hydrogen) atoms. The first-order chi connectivity index (χ1) is 20.3. The van der Waals surface area contributed by atoms with Gasteiger partial charge in [0.05, 0.1) is 16.1 Å². The largest absolute Gasteiger partial charge is 0.490 e. The highest BCUT2D eigenvalue weighted by Crippen LogP contribution is 2.35. The zero-order chi connectivity index (χ0) is 29.6. The molecule has 220 valence electrons. The Labute approximate surface area is 257 Å². The fourth-order valence-electron chi connectivity index (χ4n) is 5.51. The van der Waals surface area contributed by atoms with E-state index in [9.17, 15) is 9.59 Å². The number of hydrogen-bond donors (Lipinski definition) is 1. The Morgan fingerprint density at radius 1 is 0.929 bits per heavy atom. The van der Waals surface area contributed by atoms with Gasteiger partial charge in [-0.05, 0) is 53.8 Å². The van der Waals surface area contributed by atoms with Crippen LogP contribution in [0.25, 0.3) is 5.57 Å². The highest BCUT2D eigenvalue weighted by molar-refractivity contribution is 6.42. The molecule has 1 N–H and O–H groups in total. The second-order valence-corrected chi connectivity index (χ2v) is 11.5. The van der Waals surface area contributed by atoms with Crippen LogP contribution in [0.5, 0.6) is 11.5 Å². The Morgan fingerprint density at radius 2 is 1.62 bits per heavy atom. The number of carbonyl (C=O) groups is 2. The number of fused-ring (bicyclic) bond motifs is 2. The van der Waals surface area contributed by atoms with Crippen molar-refractivity contribution < 1.29 is 19.1 Å². The molecule has 1 saturated heterocycles. The van der Waals surface area contributed by atoms with Crippen LogP contribution in [0.1, 0.15) is 24.5 Å². The van der Waals surface area contributed by atoms with E-state index in [1.165, 1.54) is 5.56 Å². The average molecular weight is 609 g/mol. The average Bonchev–Trinajstić information content (AvgIpc) is 3.00. The minimum absolute atomic E-state index is 0.0120. The molecule has 9 heteroatoms. The van der Waals surface area contributed by atoms with E-state index in [-0.39, 0.29) is 23.9 Å².